The largest absolute Gasteiger partial charge is 0.393 e. The van der Waals surface area contributed by atoms with Gasteiger partial charge in [-0.05, 0) is 111 Å². The number of rotatable bonds is 2. The first kappa shape index (κ1) is 19.6. The van der Waals surface area contributed by atoms with Crippen molar-refractivity contribution in [1.82, 2.24) is 5.43 Å². The number of hydrazone groups is 1. The summed E-state index contributed by atoms with van der Waals surface area (Å²) in [5, 5.41) is 15.0. The molecule has 0 aliphatic heterocycles. The monoisotopic (exact) mass is 391 g/mol. The van der Waals surface area contributed by atoms with Crippen LogP contribution in [0.1, 0.15) is 78.6 Å². The van der Waals surface area contributed by atoms with Crippen LogP contribution in [0.3, 0.4) is 0 Å². The number of thiocarbonyl (C=S) groups is 1. The number of aliphatic hydroxyl groups excluding tert-OH is 1. The Kier molecular flexibility index (Phi) is 5.07. The molecule has 8 atom stereocenters. The maximum atomic E-state index is 10.2. The number of nitrogens with one attached hydrogen (secondary N) is 1. The van der Waals surface area contributed by atoms with Gasteiger partial charge in [0.25, 0.3) is 0 Å². The zero-order valence-electron chi connectivity index (χ0n) is 17.2. The standard InChI is InChI=1S/C22H37N3OS/c1-13(24-25-20(23)27)17-6-7-18-16-5-4-14-12-15(26)8-10-21(14,2)19(16)9-11-22(17,18)3/h14-19,26H,4-12H2,1-3H3,(H3,23,25,27)/b24-13+/t14-,15-,16+,17-,18-,19+,21-,22+/m0/s1. The zero-order chi connectivity index (χ0) is 19.4. The van der Waals surface area contributed by atoms with Crippen LogP contribution < -0.4 is 11.2 Å². The molecule has 4 nitrogen and oxygen atoms in total. The van der Waals surface area contributed by atoms with E-state index in [0.717, 1.165) is 36.5 Å². The highest BCUT2D eigenvalue weighted by atomic mass is 32.1. The summed E-state index contributed by atoms with van der Waals surface area (Å²) in [7, 11) is 0. The second-order valence-electron chi connectivity index (χ2n) is 10.5. The van der Waals surface area contributed by atoms with Gasteiger partial charge in [-0.1, -0.05) is 13.8 Å². The van der Waals surface area contributed by atoms with E-state index in [-0.39, 0.29) is 11.2 Å². The normalized spacial score (nSPS) is 49.7. The van der Waals surface area contributed by atoms with Gasteiger partial charge in [0.2, 0.25) is 0 Å². The summed E-state index contributed by atoms with van der Waals surface area (Å²) in [6.07, 6.45) is 11.2. The molecule has 4 aliphatic carbocycles. The van der Waals surface area contributed by atoms with E-state index in [0.29, 0.717) is 16.7 Å². The smallest absolute Gasteiger partial charge is 0.184 e. The molecular weight excluding hydrogens is 354 g/mol. The van der Waals surface area contributed by atoms with Gasteiger partial charge in [0, 0.05) is 11.6 Å². The first-order chi connectivity index (χ1) is 12.8. The number of hydrogen-bond acceptors (Lipinski definition) is 3. The third-order valence-corrected chi connectivity index (χ3v) is 9.58. The lowest BCUT2D eigenvalue weighted by Crippen LogP contribution is -2.54. The molecule has 0 bridgehead atoms. The molecule has 0 saturated heterocycles. The Morgan fingerprint density at radius 2 is 1.74 bits per heavy atom. The van der Waals surface area contributed by atoms with Crippen molar-refractivity contribution in [2.24, 2.45) is 51.3 Å². The second-order valence-corrected chi connectivity index (χ2v) is 10.9. The summed E-state index contributed by atoms with van der Waals surface area (Å²) in [6.45, 7) is 7.25. The van der Waals surface area contributed by atoms with Gasteiger partial charge >= 0.3 is 0 Å². The maximum absolute atomic E-state index is 10.2. The van der Waals surface area contributed by atoms with Gasteiger partial charge in [-0.25, -0.2) is 0 Å². The van der Waals surface area contributed by atoms with Crippen molar-refractivity contribution in [2.45, 2.75) is 84.7 Å². The summed E-state index contributed by atoms with van der Waals surface area (Å²) in [6, 6.07) is 0. The van der Waals surface area contributed by atoms with Gasteiger partial charge < -0.3 is 10.8 Å². The van der Waals surface area contributed by atoms with Crippen LogP contribution >= 0.6 is 12.2 Å². The predicted molar refractivity (Wildman–Crippen MR) is 114 cm³/mol. The molecule has 4 fully saturated rings. The molecule has 4 rings (SSSR count). The number of aliphatic hydroxyl groups is 1. The average Bonchev–Trinajstić information content (AvgIpc) is 2.97. The van der Waals surface area contributed by atoms with Gasteiger partial charge in [-0.15, -0.1) is 0 Å². The molecule has 4 N–H and O–H groups in total. The first-order valence-corrected chi connectivity index (χ1v) is 11.4. The third-order valence-electron chi connectivity index (χ3n) is 9.48. The van der Waals surface area contributed by atoms with Gasteiger partial charge in [0.05, 0.1) is 6.10 Å². The molecule has 0 aromatic heterocycles. The van der Waals surface area contributed by atoms with Crippen LogP contribution in [0, 0.1) is 40.4 Å². The highest BCUT2D eigenvalue weighted by molar-refractivity contribution is 7.80. The van der Waals surface area contributed by atoms with E-state index in [1.165, 1.54) is 50.7 Å². The fraction of sp³-hybridized carbons (Fsp3) is 0.909. The van der Waals surface area contributed by atoms with Crippen LogP contribution in [0.4, 0.5) is 0 Å². The fourth-order valence-electron chi connectivity index (χ4n) is 8.14. The summed E-state index contributed by atoms with van der Waals surface area (Å²) in [5.74, 6) is 3.82. The molecule has 27 heavy (non-hydrogen) atoms. The summed E-state index contributed by atoms with van der Waals surface area (Å²) >= 11 is 4.92. The van der Waals surface area contributed by atoms with Crippen LogP contribution in [0.15, 0.2) is 5.10 Å². The molecule has 0 aromatic carbocycles. The van der Waals surface area contributed by atoms with Crippen molar-refractivity contribution in [3.63, 3.8) is 0 Å². The summed E-state index contributed by atoms with van der Waals surface area (Å²) < 4.78 is 0. The van der Waals surface area contributed by atoms with Gasteiger partial charge in [0.15, 0.2) is 5.11 Å². The third kappa shape index (κ3) is 3.13. The van der Waals surface area contributed by atoms with Crippen LogP contribution in [0.5, 0.6) is 0 Å². The first-order valence-electron chi connectivity index (χ1n) is 11.0. The number of nitrogens with zero attached hydrogens (tertiary/aromatic N) is 1. The summed E-state index contributed by atoms with van der Waals surface area (Å²) in [4.78, 5) is 0. The molecule has 0 spiro atoms. The zero-order valence-corrected chi connectivity index (χ0v) is 18.0. The molecule has 0 unspecified atom stereocenters. The van der Waals surface area contributed by atoms with Crippen LogP contribution in [-0.4, -0.2) is 22.0 Å². The molecule has 0 heterocycles. The molecule has 0 aromatic rings. The van der Waals surface area contributed by atoms with E-state index in [4.69, 9.17) is 18.0 Å². The van der Waals surface area contributed by atoms with E-state index in [1.54, 1.807) is 0 Å². The molecular formula is C22H37N3OS. The number of nitrogens with two attached hydrogens (primary N) is 1. The molecule has 4 saturated carbocycles. The van der Waals surface area contributed by atoms with Crippen molar-refractivity contribution in [2.75, 3.05) is 0 Å². The lowest BCUT2D eigenvalue weighted by molar-refractivity contribution is -0.123. The topological polar surface area (TPSA) is 70.6 Å². The number of fused-ring (bicyclic) bond motifs is 5. The molecule has 0 radical (unpaired) electrons. The fourth-order valence-corrected chi connectivity index (χ4v) is 8.19. The summed E-state index contributed by atoms with van der Waals surface area (Å²) in [5.41, 5.74) is 10.4. The average molecular weight is 392 g/mol. The lowest BCUT2D eigenvalue weighted by atomic mass is 9.44. The molecule has 4 aliphatic rings. The molecule has 0 amide bonds. The Balaban J connectivity index is 1.55. The van der Waals surface area contributed by atoms with Crippen molar-refractivity contribution >= 4 is 23.0 Å². The highest BCUT2D eigenvalue weighted by Gasteiger charge is 2.60. The highest BCUT2D eigenvalue weighted by Crippen LogP contribution is 2.67. The van der Waals surface area contributed by atoms with E-state index in [9.17, 15) is 5.11 Å². The molecule has 152 valence electrons. The predicted octanol–water partition coefficient (Wildman–Crippen LogP) is 4.22. The van der Waals surface area contributed by atoms with Gasteiger partial charge in [-0.2, -0.15) is 5.10 Å². The van der Waals surface area contributed by atoms with Gasteiger partial charge in [0.1, 0.15) is 0 Å². The Hall–Kier alpha value is -0.680. The van der Waals surface area contributed by atoms with Crippen molar-refractivity contribution < 1.29 is 5.11 Å². The Labute approximate surface area is 169 Å². The Morgan fingerprint density at radius 1 is 1.04 bits per heavy atom. The SMILES string of the molecule is C/C(=N\NC(N)=S)[C@@H]1CC[C@H]2[C@H]3CC[C@H]4C[C@@H](O)CC[C@]4(C)[C@@H]3CC[C@]12C. The lowest BCUT2D eigenvalue weighted by Gasteiger charge is -2.61. The Morgan fingerprint density at radius 3 is 2.48 bits per heavy atom. The number of hydrogen-bond donors (Lipinski definition) is 3. The molecule has 5 heteroatoms. The van der Waals surface area contributed by atoms with E-state index in [1.807, 2.05) is 0 Å². The minimum Gasteiger partial charge on any atom is -0.393 e. The quantitative estimate of drug-likeness (QED) is 0.374. The van der Waals surface area contributed by atoms with Crippen LogP contribution in [-0.2, 0) is 0 Å². The van der Waals surface area contributed by atoms with E-state index in [2.05, 4.69) is 31.3 Å². The maximum Gasteiger partial charge on any atom is 0.184 e. The van der Waals surface area contributed by atoms with Crippen LogP contribution in [0.2, 0.25) is 0 Å². The van der Waals surface area contributed by atoms with Crippen molar-refractivity contribution in [1.29, 1.82) is 0 Å². The minimum absolute atomic E-state index is 0.0515. The Bertz CT molecular complexity index is 637. The van der Waals surface area contributed by atoms with Gasteiger partial charge in [-0.3, -0.25) is 5.43 Å². The second kappa shape index (κ2) is 6.98. The minimum atomic E-state index is -0.0515. The van der Waals surface area contributed by atoms with Crippen molar-refractivity contribution in [3.05, 3.63) is 0 Å². The van der Waals surface area contributed by atoms with Crippen molar-refractivity contribution in [3.8, 4) is 0 Å². The van der Waals surface area contributed by atoms with Crippen LogP contribution in [0.25, 0.3) is 0 Å². The van der Waals surface area contributed by atoms with E-state index >= 15 is 0 Å². The van der Waals surface area contributed by atoms with E-state index < -0.39 is 0 Å².